The quantitative estimate of drug-likeness (QED) is 0.321. The molecule has 3 aromatic rings. The summed E-state index contributed by atoms with van der Waals surface area (Å²) >= 11 is 16.0. The summed E-state index contributed by atoms with van der Waals surface area (Å²) < 4.78 is 6.69. The van der Waals surface area contributed by atoms with Crippen molar-refractivity contribution in [3.05, 3.63) is 74.7 Å². The fraction of sp³-hybridized carbons (Fsp3) is 0.333. The zero-order valence-corrected chi connectivity index (χ0v) is 22.5. The van der Waals surface area contributed by atoms with Crippen LogP contribution >= 0.6 is 39.1 Å². The van der Waals surface area contributed by atoms with Crippen LogP contribution in [0, 0.1) is 0 Å². The van der Waals surface area contributed by atoms with E-state index < -0.39 is 6.04 Å². The maximum Gasteiger partial charge on any atom is 0.261 e. The molecule has 0 saturated heterocycles. The Bertz CT molecular complexity index is 1230. The number of rotatable bonds is 8. The maximum atomic E-state index is 13.4. The highest BCUT2D eigenvalue weighted by molar-refractivity contribution is 9.10. The monoisotopic (exact) mass is 576 g/mol. The fourth-order valence-corrected chi connectivity index (χ4v) is 5.43. The summed E-state index contributed by atoms with van der Waals surface area (Å²) in [5.74, 6) is 0.0666. The molecule has 0 spiro atoms. The van der Waals surface area contributed by atoms with Crippen molar-refractivity contribution in [1.82, 2.24) is 10.2 Å². The number of ether oxygens (including phenoxy) is 1. The molecule has 1 saturated carbocycles. The first-order valence-corrected chi connectivity index (χ1v) is 13.2. The van der Waals surface area contributed by atoms with Crippen LogP contribution in [-0.2, 0) is 16.1 Å². The number of carbonyl (C=O) groups is 2. The average molecular weight is 578 g/mol. The van der Waals surface area contributed by atoms with Gasteiger partial charge in [-0.3, -0.25) is 9.59 Å². The van der Waals surface area contributed by atoms with Gasteiger partial charge in [-0.25, -0.2) is 0 Å². The molecule has 3 aromatic carbocycles. The molecule has 184 valence electrons. The highest BCUT2D eigenvalue weighted by Gasteiger charge is 2.29. The SMILES string of the molecule is C[C@@H](C(=O)NC1CCCC1)N(Cc1ccc(Cl)cc1Cl)C(=O)COc1ccc2ccccc2c1Br. The standard InChI is InChI=1S/C27H27BrCl2N2O3/c1-17(27(34)31-21-7-3-4-8-21)32(15-19-10-12-20(29)14-23(19)30)25(33)16-35-24-13-11-18-6-2-5-9-22(18)26(24)28/h2,5-6,9-14,17,21H,3-4,7-8,15-16H2,1H3,(H,31,34)/t17-/m0/s1. The van der Waals surface area contributed by atoms with Crippen LogP contribution in [0.1, 0.15) is 38.2 Å². The summed E-state index contributed by atoms with van der Waals surface area (Å²) in [4.78, 5) is 27.9. The number of hydrogen-bond donors (Lipinski definition) is 1. The van der Waals surface area contributed by atoms with Crippen molar-refractivity contribution in [1.29, 1.82) is 0 Å². The molecule has 0 radical (unpaired) electrons. The van der Waals surface area contributed by atoms with E-state index in [-0.39, 0.29) is 31.0 Å². The third-order valence-electron chi connectivity index (χ3n) is 6.40. The second kappa shape index (κ2) is 11.6. The van der Waals surface area contributed by atoms with Gasteiger partial charge in [0, 0.05) is 22.6 Å². The molecule has 0 heterocycles. The van der Waals surface area contributed by atoms with Crippen LogP contribution in [0.15, 0.2) is 59.1 Å². The molecule has 1 N–H and O–H groups in total. The molecule has 2 amide bonds. The van der Waals surface area contributed by atoms with Gasteiger partial charge in [-0.05, 0) is 70.2 Å². The molecule has 8 heteroatoms. The van der Waals surface area contributed by atoms with Gasteiger partial charge in [0.1, 0.15) is 11.8 Å². The van der Waals surface area contributed by atoms with E-state index in [0.717, 1.165) is 40.9 Å². The Morgan fingerprint density at radius 1 is 1.11 bits per heavy atom. The van der Waals surface area contributed by atoms with Gasteiger partial charge in [-0.2, -0.15) is 0 Å². The van der Waals surface area contributed by atoms with E-state index >= 15 is 0 Å². The van der Waals surface area contributed by atoms with Crippen LogP contribution < -0.4 is 10.1 Å². The lowest BCUT2D eigenvalue weighted by Crippen LogP contribution is -2.50. The first-order chi connectivity index (χ1) is 16.8. The van der Waals surface area contributed by atoms with E-state index in [1.165, 1.54) is 4.90 Å². The van der Waals surface area contributed by atoms with Gasteiger partial charge in [-0.1, -0.05) is 72.4 Å². The van der Waals surface area contributed by atoms with Gasteiger partial charge < -0.3 is 15.0 Å². The van der Waals surface area contributed by atoms with E-state index in [1.54, 1.807) is 25.1 Å². The number of carbonyl (C=O) groups excluding carboxylic acids is 2. The van der Waals surface area contributed by atoms with Gasteiger partial charge in [0.05, 0.1) is 4.47 Å². The number of benzene rings is 3. The minimum absolute atomic E-state index is 0.158. The lowest BCUT2D eigenvalue weighted by atomic mass is 10.1. The first-order valence-electron chi connectivity index (χ1n) is 11.7. The predicted molar refractivity (Wildman–Crippen MR) is 144 cm³/mol. The third kappa shape index (κ3) is 6.29. The van der Waals surface area contributed by atoms with Gasteiger partial charge >= 0.3 is 0 Å². The van der Waals surface area contributed by atoms with Crippen molar-refractivity contribution in [3.8, 4) is 5.75 Å². The van der Waals surface area contributed by atoms with Crippen molar-refractivity contribution < 1.29 is 14.3 Å². The van der Waals surface area contributed by atoms with Gasteiger partial charge in [0.15, 0.2) is 6.61 Å². The van der Waals surface area contributed by atoms with Crippen LogP contribution in [0.3, 0.4) is 0 Å². The van der Waals surface area contributed by atoms with Crippen molar-refractivity contribution in [3.63, 3.8) is 0 Å². The van der Waals surface area contributed by atoms with Crippen LogP contribution in [0.2, 0.25) is 10.0 Å². The Labute approximate surface area is 223 Å². The molecule has 5 nitrogen and oxygen atoms in total. The molecule has 1 atom stereocenters. The van der Waals surface area contributed by atoms with Crippen molar-refractivity contribution in [2.24, 2.45) is 0 Å². The number of halogens is 3. The molecular weight excluding hydrogens is 551 g/mol. The zero-order valence-electron chi connectivity index (χ0n) is 19.4. The Balaban J connectivity index is 1.52. The summed E-state index contributed by atoms with van der Waals surface area (Å²) in [5.41, 5.74) is 0.705. The third-order valence-corrected chi connectivity index (χ3v) is 7.81. The number of fused-ring (bicyclic) bond motifs is 1. The summed E-state index contributed by atoms with van der Waals surface area (Å²) in [6.07, 6.45) is 4.15. The lowest BCUT2D eigenvalue weighted by molar-refractivity contribution is -0.142. The minimum Gasteiger partial charge on any atom is -0.483 e. The van der Waals surface area contributed by atoms with Crippen molar-refractivity contribution in [2.45, 2.75) is 51.2 Å². The molecule has 1 aliphatic carbocycles. The molecule has 0 aliphatic heterocycles. The Kier molecular flexibility index (Phi) is 8.58. The number of nitrogens with one attached hydrogen (secondary N) is 1. The smallest absolute Gasteiger partial charge is 0.261 e. The maximum absolute atomic E-state index is 13.4. The largest absolute Gasteiger partial charge is 0.483 e. The van der Waals surface area contributed by atoms with E-state index in [9.17, 15) is 9.59 Å². The van der Waals surface area contributed by atoms with Crippen LogP contribution in [0.5, 0.6) is 5.75 Å². The molecule has 0 unspecified atom stereocenters. The highest BCUT2D eigenvalue weighted by Crippen LogP contribution is 2.33. The number of amides is 2. The van der Waals surface area contributed by atoms with E-state index in [4.69, 9.17) is 27.9 Å². The summed E-state index contributed by atoms with van der Waals surface area (Å²) in [6, 6.07) is 16.3. The summed E-state index contributed by atoms with van der Waals surface area (Å²) in [6.45, 7) is 1.68. The Morgan fingerprint density at radius 2 is 1.86 bits per heavy atom. The normalized spacial score (nSPS) is 14.6. The molecule has 35 heavy (non-hydrogen) atoms. The first kappa shape index (κ1) is 25.8. The Hall–Kier alpha value is -2.28. The number of hydrogen-bond acceptors (Lipinski definition) is 3. The fourth-order valence-electron chi connectivity index (χ4n) is 4.36. The Morgan fingerprint density at radius 3 is 2.60 bits per heavy atom. The van der Waals surface area contributed by atoms with Gasteiger partial charge in [0.2, 0.25) is 5.91 Å². The second-order valence-corrected chi connectivity index (χ2v) is 10.4. The lowest BCUT2D eigenvalue weighted by Gasteiger charge is -2.30. The summed E-state index contributed by atoms with van der Waals surface area (Å²) in [5, 5.41) is 6.10. The molecule has 0 aromatic heterocycles. The molecule has 1 fully saturated rings. The van der Waals surface area contributed by atoms with E-state index in [2.05, 4.69) is 21.2 Å². The molecule has 4 rings (SSSR count). The topological polar surface area (TPSA) is 58.6 Å². The van der Waals surface area contributed by atoms with Crippen molar-refractivity contribution in [2.75, 3.05) is 6.61 Å². The molecular formula is C27H27BrCl2N2O3. The van der Waals surface area contributed by atoms with Gasteiger partial charge in [0.25, 0.3) is 5.91 Å². The molecule has 1 aliphatic rings. The van der Waals surface area contributed by atoms with Crippen LogP contribution in [0.25, 0.3) is 10.8 Å². The van der Waals surface area contributed by atoms with Crippen LogP contribution in [-0.4, -0.2) is 35.4 Å². The van der Waals surface area contributed by atoms with E-state index in [1.807, 2.05) is 36.4 Å². The average Bonchev–Trinajstić information content (AvgIpc) is 3.36. The highest BCUT2D eigenvalue weighted by atomic mass is 79.9. The summed E-state index contributed by atoms with van der Waals surface area (Å²) in [7, 11) is 0. The number of nitrogens with zero attached hydrogens (tertiary/aromatic N) is 1. The predicted octanol–water partition coefficient (Wildman–Crippen LogP) is 6.76. The van der Waals surface area contributed by atoms with Crippen molar-refractivity contribution >= 4 is 61.7 Å². The minimum atomic E-state index is -0.696. The molecule has 0 bridgehead atoms. The zero-order chi connectivity index (χ0) is 24.9. The second-order valence-electron chi connectivity index (χ2n) is 8.81. The van der Waals surface area contributed by atoms with Gasteiger partial charge in [-0.15, -0.1) is 0 Å². The van der Waals surface area contributed by atoms with Crippen LogP contribution in [0.4, 0.5) is 0 Å². The van der Waals surface area contributed by atoms with E-state index in [0.29, 0.717) is 21.4 Å².